The van der Waals surface area contributed by atoms with Crippen LogP contribution in [0.15, 0.2) is 47.9 Å². The van der Waals surface area contributed by atoms with Gasteiger partial charge in [0.25, 0.3) is 0 Å². The Morgan fingerprint density at radius 2 is 2.05 bits per heavy atom. The number of fused-ring (bicyclic) bond motifs is 5. The van der Waals surface area contributed by atoms with Crippen molar-refractivity contribution in [2.75, 3.05) is 0 Å². The number of carbonyl (C=O) groups excluding carboxylic acids is 1. The summed E-state index contributed by atoms with van der Waals surface area (Å²) in [6.45, 7) is 2.00. The summed E-state index contributed by atoms with van der Waals surface area (Å²) in [6.07, 6.45) is 13.4. The first-order chi connectivity index (χ1) is 9.72. The Morgan fingerprint density at radius 3 is 2.75 bits per heavy atom. The number of aliphatic hydroxyl groups is 1. The summed E-state index contributed by atoms with van der Waals surface area (Å²) < 4.78 is 0. The summed E-state index contributed by atoms with van der Waals surface area (Å²) in [7, 11) is 0. The Balaban J connectivity index is 1.77. The number of aliphatic hydroxyl groups excluding tert-OH is 1. The summed E-state index contributed by atoms with van der Waals surface area (Å²) in [5, 5.41) is 10.2. The van der Waals surface area contributed by atoms with Crippen molar-refractivity contribution in [2.24, 2.45) is 23.7 Å². The van der Waals surface area contributed by atoms with Crippen LogP contribution in [0.25, 0.3) is 0 Å². The SMILES string of the molecule is C/C=C1/C2C3C=CC(C3)C2C(=O)N1C1=CC=CC[C@H]1O. The highest BCUT2D eigenvalue weighted by Gasteiger charge is 2.57. The van der Waals surface area contributed by atoms with Crippen LogP contribution in [0.1, 0.15) is 19.8 Å². The lowest BCUT2D eigenvalue weighted by Gasteiger charge is -2.28. The van der Waals surface area contributed by atoms with E-state index in [9.17, 15) is 9.90 Å². The second-order valence-electron chi connectivity index (χ2n) is 6.16. The zero-order valence-electron chi connectivity index (χ0n) is 11.6. The minimum Gasteiger partial charge on any atom is -0.387 e. The smallest absolute Gasteiger partial charge is 0.235 e. The molecule has 0 aromatic rings. The molecule has 1 aliphatic heterocycles. The molecule has 104 valence electrons. The normalized spacial score (nSPS) is 43.6. The largest absolute Gasteiger partial charge is 0.387 e. The minimum absolute atomic E-state index is 0.0928. The van der Waals surface area contributed by atoms with Crippen LogP contribution in [0.4, 0.5) is 0 Å². The second-order valence-corrected chi connectivity index (χ2v) is 6.16. The summed E-state index contributed by atoms with van der Waals surface area (Å²) in [5.41, 5.74) is 1.84. The van der Waals surface area contributed by atoms with Crippen molar-refractivity contribution in [2.45, 2.75) is 25.9 Å². The maximum absolute atomic E-state index is 12.9. The van der Waals surface area contributed by atoms with Gasteiger partial charge in [0.2, 0.25) is 5.91 Å². The van der Waals surface area contributed by atoms with E-state index in [2.05, 4.69) is 18.2 Å². The molecule has 0 spiro atoms. The third-order valence-electron chi connectivity index (χ3n) is 5.22. The third-order valence-corrected chi connectivity index (χ3v) is 5.22. The number of hydrogen-bond acceptors (Lipinski definition) is 2. The van der Waals surface area contributed by atoms with Gasteiger partial charge in [-0.2, -0.15) is 0 Å². The summed E-state index contributed by atoms with van der Waals surface area (Å²) in [6, 6.07) is 0. The number of hydrogen-bond donors (Lipinski definition) is 1. The molecule has 2 fully saturated rings. The Hall–Kier alpha value is -1.61. The topological polar surface area (TPSA) is 40.5 Å². The number of likely N-dealkylation sites (tertiary alicyclic amines) is 1. The van der Waals surface area contributed by atoms with Crippen LogP contribution in [0, 0.1) is 23.7 Å². The van der Waals surface area contributed by atoms with E-state index >= 15 is 0 Å². The Bertz CT molecular complexity index is 584. The third kappa shape index (κ3) is 1.41. The highest BCUT2D eigenvalue weighted by molar-refractivity contribution is 5.88. The van der Waals surface area contributed by atoms with Gasteiger partial charge in [-0.1, -0.05) is 30.4 Å². The standard InChI is InChI=1S/C17H19NO2/c1-2-12-15-10-7-8-11(9-10)16(15)17(20)18(12)13-5-3-4-6-14(13)19/h2-5,7-8,10-11,14-16,19H,6,9H2,1H3/b12-2-/t10?,11?,14-,15?,16?/m1/s1. The molecule has 1 saturated carbocycles. The monoisotopic (exact) mass is 269 g/mol. The fraction of sp³-hybridized carbons (Fsp3) is 0.471. The van der Waals surface area contributed by atoms with Crippen molar-refractivity contribution < 1.29 is 9.90 Å². The Kier molecular flexibility index (Phi) is 2.55. The molecule has 2 bridgehead atoms. The zero-order chi connectivity index (χ0) is 13.9. The zero-order valence-corrected chi connectivity index (χ0v) is 11.6. The van der Waals surface area contributed by atoms with Gasteiger partial charge in [-0.25, -0.2) is 0 Å². The molecular weight excluding hydrogens is 250 g/mol. The van der Waals surface area contributed by atoms with Gasteiger partial charge in [0.05, 0.1) is 17.7 Å². The number of allylic oxidation sites excluding steroid dienone is 6. The van der Waals surface area contributed by atoms with E-state index in [0.717, 1.165) is 17.8 Å². The molecule has 0 radical (unpaired) electrons. The van der Waals surface area contributed by atoms with Crippen molar-refractivity contribution in [3.63, 3.8) is 0 Å². The highest BCUT2D eigenvalue weighted by atomic mass is 16.3. The van der Waals surface area contributed by atoms with Crippen molar-refractivity contribution in [3.8, 4) is 0 Å². The van der Waals surface area contributed by atoms with Crippen molar-refractivity contribution in [3.05, 3.63) is 47.9 Å². The van der Waals surface area contributed by atoms with Crippen LogP contribution < -0.4 is 0 Å². The first-order valence-electron chi connectivity index (χ1n) is 7.45. The van der Waals surface area contributed by atoms with E-state index in [-0.39, 0.29) is 11.8 Å². The molecule has 3 heteroatoms. The molecule has 20 heavy (non-hydrogen) atoms. The maximum atomic E-state index is 12.9. The molecule has 4 unspecified atom stereocenters. The van der Waals surface area contributed by atoms with E-state index < -0.39 is 6.10 Å². The van der Waals surface area contributed by atoms with Gasteiger partial charge in [-0.15, -0.1) is 0 Å². The van der Waals surface area contributed by atoms with E-state index in [1.54, 1.807) is 4.90 Å². The van der Waals surface area contributed by atoms with Crippen molar-refractivity contribution in [1.82, 2.24) is 4.90 Å². The molecule has 5 atom stereocenters. The van der Waals surface area contributed by atoms with E-state index in [1.807, 2.05) is 25.2 Å². The molecule has 4 aliphatic rings. The quantitative estimate of drug-likeness (QED) is 0.742. The van der Waals surface area contributed by atoms with Gasteiger partial charge in [0.1, 0.15) is 0 Å². The van der Waals surface area contributed by atoms with Gasteiger partial charge in [-0.3, -0.25) is 9.69 Å². The molecule has 1 amide bonds. The van der Waals surface area contributed by atoms with Crippen LogP contribution in [-0.2, 0) is 4.79 Å². The average Bonchev–Trinajstić information content (AvgIpc) is 3.12. The van der Waals surface area contributed by atoms with Gasteiger partial charge in [0, 0.05) is 11.6 Å². The molecule has 1 N–H and O–H groups in total. The van der Waals surface area contributed by atoms with Crippen LogP contribution in [-0.4, -0.2) is 22.0 Å². The number of nitrogens with zero attached hydrogens (tertiary/aromatic N) is 1. The van der Waals surface area contributed by atoms with Crippen LogP contribution in [0.3, 0.4) is 0 Å². The number of amides is 1. The van der Waals surface area contributed by atoms with Crippen LogP contribution >= 0.6 is 0 Å². The van der Waals surface area contributed by atoms with Gasteiger partial charge >= 0.3 is 0 Å². The lowest BCUT2D eigenvalue weighted by molar-refractivity contribution is -0.130. The van der Waals surface area contributed by atoms with Gasteiger partial charge in [0.15, 0.2) is 0 Å². The average molecular weight is 269 g/mol. The van der Waals surface area contributed by atoms with Crippen LogP contribution in [0.2, 0.25) is 0 Å². The highest BCUT2D eigenvalue weighted by Crippen LogP contribution is 2.57. The summed E-state index contributed by atoms with van der Waals surface area (Å²) in [4.78, 5) is 14.7. The first kappa shape index (κ1) is 12.2. The second kappa shape index (κ2) is 4.19. The minimum atomic E-state index is -0.566. The first-order valence-corrected chi connectivity index (χ1v) is 7.45. The molecule has 3 aliphatic carbocycles. The molecule has 1 heterocycles. The fourth-order valence-corrected chi connectivity index (χ4v) is 4.41. The van der Waals surface area contributed by atoms with Crippen molar-refractivity contribution >= 4 is 5.91 Å². The predicted octanol–water partition coefficient (Wildman–Crippen LogP) is 2.38. The number of rotatable bonds is 1. The fourth-order valence-electron chi connectivity index (χ4n) is 4.41. The Morgan fingerprint density at radius 1 is 1.30 bits per heavy atom. The lowest BCUT2D eigenvalue weighted by atomic mass is 9.84. The maximum Gasteiger partial charge on any atom is 0.235 e. The molecule has 0 aromatic carbocycles. The van der Waals surface area contributed by atoms with Gasteiger partial charge in [-0.05, 0) is 37.7 Å². The molecule has 4 rings (SSSR count). The van der Waals surface area contributed by atoms with E-state index in [4.69, 9.17) is 0 Å². The lowest BCUT2D eigenvalue weighted by Crippen LogP contribution is -2.33. The molecule has 3 nitrogen and oxygen atoms in total. The van der Waals surface area contributed by atoms with E-state index in [0.29, 0.717) is 24.2 Å². The molecular formula is C17H19NO2. The summed E-state index contributed by atoms with van der Waals surface area (Å²) in [5.74, 6) is 1.49. The van der Waals surface area contributed by atoms with Gasteiger partial charge < -0.3 is 5.11 Å². The van der Waals surface area contributed by atoms with Crippen LogP contribution in [0.5, 0.6) is 0 Å². The predicted molar refractivity (Wildman–Crippen MR) is 76.2 cm³/mol. The Labute approximate surface area is 119 Å². The molecule has 1 saturated heterocycles. The molecule has 0 aromatic heterocycles. The summed E-state index contributed by atoms with van der Waals surface area (Å²) >= 11 is 0. The number of carbonyl (C=O) groups is 1. The van der Waals surface area contributed by atoms with Crippen molar-refractivity contribution in [1.29, 1.82) is 0 Å². The van der Waals surface area contributed by atoms with E-state index in [1.165, 1.54) is 0 Å².